The highest BCUT2D eigenvalue weighted by Crippen LogP contribution is 2.18. The van der Waals surface area contributed by atoms with Crippen LogP contribution in [0.2, 0.25) is 0 Å². The van der Waals surface area contributed by atoms with Crippen molar-refractivity contribution in [2.75, 3.05) is 6.54 Å². The van der Waals surface area contributed by atoms with Gasteiger partial charge in [-0.25, -0.2) is 0 Å². The number of hydrogen-bond donors (Lipinski definition) is 0. The second kappa shape index (κ2) is 4.22. The minimum absolute atomic E-state index is 1.16. The molecule has 0 aromatic heterocycles. The minimum Gasteiger partial charge on any atom is -0.352 e. The molecule has 0 aliphatic carbocycles. The maximum absolute atomic E-state index is 4.05. The molecular formula is C10H17N. The summed E-state index contributed by atoms with van der Waals surface area (Å²) < 4.78 is 0. The van der Waals surface area contributed by atoms with Gasteiger partial charge in [-0.15, -0.1) is 0 Å². The van der Waals surface area contributed by atoms with E-state index in [0.717, 1.165) is 6.54 Å². The Morgan fingerprint density at radius 2 is 2.18 bits per heavy atom. The highest BCUT2D eigenvalue weighted by molar-refractivity contribution is 5.01. The van der Waals surface area contributed by atoms with Crippen LogP contribution in [0.4, 0.5) is 0 Å². The van der Waals surface area contributed by atoms with E-state index < -0.39 is 0 Å². The molecule has 1 nitrogen and oxygen atoms in total. The quantitative estimate of drug-likeness (QED) is 0.557. The molecule has 1 saturated heterocycles. The summed E-state index contributed by atoms with van der Waals surface area (Å²) in [5, 5.41) is 0. The number of rotatable bonds is 1. The van der Waals surface area contributed by atoms with Gasteiger partial charge in [0.2, 0.25) is 0 Å². The van der Waals surface area contributed by atoms with Gasteiger partial charge in [-0.3, -0.25) is 0 Å². The Labute approximate surface area is 69.4 Å². The van der Waals surface area contributed by atoms with Crippen LogP contribution in [0, 0.1) is 0 Å². The van der Waals surface area contributed by atoms with Crippen molar-refractivity contribution in [2.45, 2.75) is 32.6 Å². The molecule has 1 fully saturated rings. The Bertz CT molecular complexity index is 158. The Balaban J connectivity index is 2.52. The lowest BCUT2D eigenvalue weighted by Crippen LogP contribution is -2.14. The molecule has 0 bridgehead atoms. The maximum atomic E-state index is 4.05. The normalized spacial score (nSPS) is 20.8. The Morgan fingerprint density at radius 3 is 2.91 bits per heavy atom. The van der Waals surface area contributed by atoms with Gasteiger partial charge in [-0.2, -0.15) is 0 Å². The van der Waals surface area contributed by atoms with Crippen molar-refractivity contribution >= 4 is 0 Å². The van der Waals surface area contributed by atoms with Crippen LogP contribution in [-0.4, -0.2) is 11.4 Å². The molecule has 0 unspecified atom stereocenters. The van der Waals surface area contributed by atoms with Gasteiger partial charge >= 0.3 is 0 Å². The second-order valence-electron chi connectivity index (χ2n) is 3.05. The molecule has 1 aliphatic heterocycles. The highest BCUT2D eigenvalue weighted by atomic mass is 15.1. The van der Waals surface area contributed by atoms with Crippen LogP contribution in [-0.2, 0) is 0 Å². The summed E-state index contributed by atoms with van der Waals surface area (Å²) in [6.07, 6.45) is 9.36. The van der Waals surface area contributed by atoms with Gasteiger partial charge in [0, 0.05) is 12.2 Å². The van der Waals surface area contributed by atoms with Crippen LogP contribution < -0.4 is 0 Å². The van der Waals surface area contributed by atoms with Crippen molar-refractivity contribution < 1.29 is 0 Å². The van der Waals surface area contributed by atoms with Crippen LogP contribution >= 0.6 is 0 Å². The highest BCUT2D eigenvalue weighted by Gasteiger charge is 2.07. The predicted octanol–water partition coefficient (Wildman–Crippen LogP) is 2.91. The summed E-state index contributed by atoms with van der Waals surface area (Å²) in [5.74, 6) is 0. The lowest BCUT2D eigenvalue weighted by atomic mass is 10.2. The van der Waals surface area contributed by atoms with Crippen molar-refractivity contribution in [3.63, 3.8) is 0 Å². The van der Waals surface area contributed by atoms with E-state index in [4.69, 9.17) is 0 Å². The first-order valence-electron chi connectivity index (χ1n) is 4.42. The van der Waals surface area contributed by atoms with E-state index >= 15 is 0 Å². The third-order valence-corrected chi connectivity index (χ3v) is 2.10. The molecule has 11 heavy (non-hydrogen) atoms. The molecule has 0 radical (unpaired) electrons. The average Bonchev–Trinajstić information content (AvgIpc) is 2.18. The summed E-state index contributed by atoms with van der Waals surface area (Å²) in [6.45, 7) is 7.26. The summed E-state index contributed by atoms with van der Waals surface area (Å²) >= 11 is 0. The van der Waals surface area contributed by atoms with E-state index in [1.54, 1.807) is 0 Å². The van der Waals surface area contributed by atoms with Gasteiger partial charge < -0.3 is 4.90 Å². The van der Waals surface area contributed by atoms with Crippen LogP contribution in [0.15, 0.2) is 24.6 Å². The Morgan fingerprint density at radius 1 is 1.36 bits per heavy atom. The molecule has 62 valence electrons. The van der Waals surface area contributed by atoms with Crippen molar-refractivity contribution in [2.24, 2.45) is 0 Å². The largest absolute Gasteiger partial charge is 0.352 e. The van der Waals surface area contributed by atoms with Gasteiger partial charge in [0.15, 0.2) is 0 Å². The number of allylic oxidation sites excluding steroid dienone is 2. The van der Waals surface area contributed by atoms with Crippen LogP contribution in [0.25, 0.3) is 0 Å². The Kier molecular flexibility index (Phi) is 3.21. The van der Waals surface area contributed by atoms with E-state index in [9.17, 15) is 0 Å². The molecule has 0 atom stereocenters. The Hall–Kier alpha value is -0.720. The van der Waals surface area contributed by atoms with E-state index in [1.807, 2.05) is 0 Å². The SMILES string of the molecule is C=C1CCCCCN1/C=C/C. The van der Waals surface area contributed by atoms with Crippen molar-refractivity contribution in [1.29, 1.82) is 0 Å². The monoisotopic (exact) mass is 151 g/mol. The zero-order chi connectivity index (χ0) is 8.10. The predicted molar refractivity (Wildman–Crippen MR) is 49.1 cm³/mol. The molecule has 0 aromatic rings. The number of nitrogens with zero attached hydrogens (tertiary/aromatic N) is 1. The standard InChI is InChI=1S/C10H17N/c1-3-8-11-9-6-4-5-7-10(11)2/h3,8H,2,4-7,9H2,1H3/b8-3+. The zero-order valence-corrected chi connectivity index (χ0v) is 7.34. The zero-order valence-electron chi connectivity index (χ0n) is 7.34. The fourth-order valence-corrected chi connectivity index (χ4v) is 1.45. The molecule has 1 aliphatic rings. The van der Waals surface area contributed by atoms with E-state index in [0.29, 0.717) is 0 Å². The first-order valence-corrected chi connectivity index (χ1v) is 4.42. The topological polar surface area (TPSA) is 3.24 Å². The van der Waals surface area contributed by atoms with E-state index in [2.05, 4.69) is 30.7 Å². The minimum atomic E-state index is 1.16. The maximum Gasteiger partial charge on any atom is 0.0221 e. The fraction of sp³-hybridized carbons (Fsp3) is 0.600. The van der Waals surface area contributed by atoms with Gasteiger partial charge in [-0.1, -0.05) is 19.1 Å². The first kappa shape index (κ1) is 8.38. The molecule has 0 aromatic carbocycles. The molecule has 0 saturated carbocycles. The van der Waals surface area contributed by atoms with Crippen molar-refractivity contribution in [3.05, 3.63) is 24.6 Å². The van der Waals surface area contributed by atoms with Gasteiger partial charge in [0.05, 0.1) is 0 Å². The van der Waals surface area contributed by atoms with Crippen LogP contribution in [0.1, 0.15) is 32.6 Å². The second-order valence-corrected chi connectivity index (χ2v) is 3.05. The number of likely N-dealkylation sites (tertiary alicyclic amines) is 1. The molecular weight excluding hydrogens is 134 g/mol. The molecule has 0 spiro atoms. The third kappa shape index (κ3) is 2.41. The van der Waals surface area contributed by atoms with Gasteiger partial charge in [0.25, 0.3) is 0 Å². The lowest BCUT2D eigenvalue weighted by molar-refractivity contribution is 0.464. The third-order valence-electron chi connectivity index (χ3n) is 2.10. The molecule has 1 heteroatoms. The van der Waals surface area contributed by atoms with E-state index in [-0.39, 0.29) is 0 Å². The summed E-state index contributed by atoms with van der Waals surface area (Å²) in [6, 6.07) is 0. The molecule has 0 N–H and O–H groups in total. The number of hydrogen-bond acceptors (Lipinski definition) is 1. The lowest BCUT2D eigenvalue weighted by Gasteiger charge is -2.19. The summed E-state index contributed by atoms with van der Waals surface area (Å²) in [5.41, 5.74) is 1.28. The van der Waals surface area contributed by atoms with Crippen molar-refractivity contribution in [3.8, 4) is 0 Å². The molecule has 1 rings (SSSR count). The van der Waals surface area contributed by atoms with Crippen LogP contribution in [0.5, 0.6) is 0 Å². The summed E-state index contributed by atoms with van der Waals surface area (Å²) in [4.78, 5) is 2.27. The first-order chi connectivity index (χ1) is 5.34. The molecule has 0 amide bonds. The smallest absolute Gasteiger partial charge is 0.0221 e. The van der Waals surface area contributed by atoms with Crippen LogP contribution in [0.3, 0.4) is 0 Å². The fourth-order valence-electron chi connectivity index (χ4n) is 1.45. The van der Waals surface area contributed by atoms with Gasteiger partial charge in [-0.05, 0) is 32.4 Å². The average molecular weight is 151 g/mol. The van der Waals surface area contributed by atoms with E-state index in [1.165, 1.54) is 31.4 Å². The molecule has 1 heterocycles. The van der Waals surface area contributed by atoms with Gasteiger partial charge in [0.1, 0.15) is 0 Å². The van der Waals surface area contributed by atoms with Crippen molar-refractivity contribution in [1.82, 2.24) is 4.90 Å². The summed E-state index contributed by atoms with van der Waals surface area (Å²) in [7, 11) is 0.